The van der Waals surface area contributed by atoms with Gasteiger partial charge >= 0.3 is 11.9 Å². The average Bonchev–Trinajstić information content (AvgIpc) is 3.28. The molecule has 1 spiro atoms. The number of allylic oxidation sites excluding steroid dienone is 2. The van der Waals surface area contributed by atoms with E-state index in [4.69, 9.17) is 9.47 Å². The van der Waals surface area contributed by atoms with Gasteiger partial charge in [0.05, 0.1) is 12.0 Å². The topological polar surface area (TPSA) is 130 Å². The van der Waals surface area contributed by atoms with Crippen LogP contribution in [0.15, 0.2) is 34.9 Å². The second kappa shape index (κ2) is 9.96. The predicted molar refractivity (Wildman–Crippen MR) is 144 cm³/mol. The largest absolute Gasteiger partial charge is 0.458 e. The molecule has 2 bridgehead atoms. The number of carbonyl (C=O) groups excluding carboxylic acids is 3. The molecule has 0 saturated heterocycles. The molecule has 2 fully saturated rings. The molecular formula is C31H44O8. The number of aliphatic hydroxyl groups excluding tert-OH is 2. The van der Waals surface area contributed by atoms with Crippen molar-refractivity contribution < 1.29 is 39.2 Å². The Morgan fingerprint density at radius 2 is 1.90 bits per heavy atom. The summed E-state index contributed by atoms with van der Waals surface area (Å²) in [5.74, 6) is -3.10. The van der Waals surface area contributed by atoms with Crippen molar-refractivity contribution in [2.24, 2.45) is 28.6 Å². The first kappa shape index (κ1) is 29.7. The van der Waals surface area contributed by atoms with Crippen LogP contribution in [0.1, 0.15) is 80.6 Å². The lowest BCUT2D eigenvalue weighted by molar-refractivity contribution is -0.203. The summed E-state index contributed by atoms with van der Waals surface area (Å²) in [6, 6.07) is 0. The van der Waals surface area contributed by atoms with Crippen LogP contribution in [0.4, 0.5) is 0 Å². The first-order chi connectivity index (χ1) is 18.2. The maximum absolute atomic E-state index is 14.7. The molecule has 4 aliphatic rings. The molecular weight excluding hydrogens is 500 g/mol. The van der Waals surface area contributed by atoms with Crippen LogP contribution in [-0.2, 0) is 23.9 Å². The van der Waals surface area contributed by atoms with Gasteiger partial charge in [-0.3, -0.25) is 9.59 Å². The van der Waals surface area contributed by atoms with Gasteiger partial charge in [0.25, 0.3) is 0 Å². The third-order valence-corrected chi connectivity index (χ3v) is 10.3. The number of ketones is 1. The minimum atomic E-state index is -2.26. The Labute approximate surface area is 231 Å². The van der Waals surface area contributed by atoms with Crippen LogP contribution in [0.3, 0.4) is 0 Å². The number of esters is 2. The second-order valence-corrected chi connectivity index (χ2v) is 12.7. The smallest absolute Gasteiger partial charge is 0.334 e. The van der Waals surface area contributed by atoms with E-state index >= 15 is 0 Å². The molecule has 0 aromatic carbocycles. The SMILES string of the molecule is C/C=C(\C)C(=O)O[C@H]1C(C)=CC23C(=O)[C@@H](C=C(CO)[C@@H](O)[C@]12O)[C@@H]1C(C)(C)[C@]1(OC(=O)CCCCC)CC3C. The molecule has 0 aliphatic heterocycles. The van der Waals surface area contributed by atoms with Crippen LogP contribution in [0.5, 0.6) is 0 Å². The highest BCUT2D eigenvalue weighted by molar-refractivity contribution is 5.96. The first-order valence-electron chi connectivity index (χ1n) is 14.2. The molecule has 0 heterocycles. The average molecular weight is 545 g/mol. The van der Waals surface area contributed by atoms with Crippen LogP contribution < -0.4 is 0 Å². The van der Waals surface area contributed by atoms with Crippen molar-refractivity contribution in [1.82, 2.24) is 0 Å². The molecule has 3 N–H and O–H groups in total. The highest BCUT2D eigenvalue weighted by Gasteiger charge is 2.83. The molecule has 8 heteroatoms. The van der Waals surface area contributed by atoms with Gasteiger partial charge in [-0.1, -0.05) is 58.8 Å². The number of carbonyl (C=O) groups is 3. The summed E-state index contributed by atoms with van der Waals surface area (Å²) in [5, 5.41) is 34.5. The van der Waals surface area contributed by atoms with E-state index in [1.165, 1.54) is 0 Å². The van der Waals surface area contributed by atoms with Crippen LogP contribution in [0.2, 0.25) is 0 Å². The second-order valence-electron chi connectivity index (χ2n) is 12.7. The predicted octanol–water partition coefficient (Wildman–Crippen LogP) is 3.58. The van der Waals surface area contributed by atoms with E-state index < -0.39 is 64.6 Å². The van der Waals surface area contributed by atoms with E-state index in [1.54, 1.807) is 39.0 Å². The molecule has 0 aromatic heterocycles. The molecule has 0 aromatic rings. The minimum Gasteiger partial charge on any atom is -0.458 e. The summed E-state index contributed by atoms with van der Waals surface area (Å²) in [5.41, 5.74) is -4.51. The molecule has 4 aliphatic carbocycles. The number of fused-ring (bicyclic) bond motifs is 3. The van der Waals surface area contributed by atoms with Crippen LogP contribution in [0.25, 0.3) is 0 Å². The fraction of sp³-hybridized carbons (Fsp3) is 0.710. The number of hydrogen-bond acceptors (Lipinski definition) is 8. The van der Waals surface area contributed by atoms with E-state index in [9.17, 15) is 29.7 Å². The Bertz CT molecular complexity index is 1150. The van der Waals surface area contributed by atoms with Gasteiger partial charge in [-0.25, -0.2) is 4.79 Å². The van der Waals surface area contributed by atoms with Crippen molar-refractivity contribution in [3.05, 3.63) is 34.9 Å². The zero-order valence-corrected chi connectivity index (χ0v) is 24.2. The zero-order chi connectivity index (χ0) is 29.1. The lowest BCUT2D eigenvalue weighted by atomic mass is 9.59. The summed E-state index contributed by atoms with van der Waals surface area (Å²) >= 11 is 0. The van der Waals surface area contributed by atoms with Crippen molar-refractivity contribution in [2.75, 3.05) is 6.61 Å². The summed E-state index contributed by atoms with van der Waals surface area (Å²) in [4.78, 5) is 40.5. The van der Waals surface area contributed by atoms with Gasteiger partial charge in [0.1, 0.15) is 11.7 Å². The van der Waals surface area contributed by atoms with Gasteiger partial charge in [-0.15, -0.1) is 0 Å². The lowest BCUT2D eigenvalue weighted by Crippen LogP contribution is -2.66. The van der Waals surface area contributed by atoms with Crippen molar-refractivity contribution in [2.45, 2.75) is 104 Å². The maximum Gasteiger partial charge on any atom is 0.334 e. The summed E-state index contributed by atoms with van der Waals surface area (Å²) in [6.07, 6.45) is 5.02. The quantitative estimate of drug-likeness (QED) is 0.183. The molecule has 4 rings (SSSR count). The molecule has 216 valence electrons. The third kappa shape index (κ3) is 3.92. The van der Waals surface area contributed by atoms with Gasteiger partial charge in [0.15, 0.2) is 17.5 Å². The molecule has 0 amide bonds. The van der Waals surface area contributed by atoms with E-state index in [-0.39, 0.29) is 23.7 Å². The monoisotopic (exact) mass is 544 g/mol. The van der Waals surface area contributed by atoms with Gasteiger partial charge < -0.3 is 24.8 Å². The third-order valence-electron chi connectivity index (χ3n) is 10.3. The minimum absolute atomic E-state index is 0.0876. The van der Waals surface area contributed by atoms with Crippen LogP contribution >= 0.6 is 0 Å². The van der Waals surface area contributed by atoms with Crippen molar-refractivity contribution in [3.63, 3.8) is 0 Å². The highest BCUT2D eigenvalue weighted by Crippen LogP contribution is 2.75. The van der Waals surface area contributed by atoms with E-state index in [2.05, 4.69) is 6.92 Å². The van der Waals surface area contributed by atoms with Gasteiger partial charge in [-0.05, 0) is 50.7 Å². The van der Waals surface area contributed by atoms with E-state index in [0.717, 1.165) is 19.3 Å². The van der Waals surface area contributed by atoms with Crippen LogP contribution in [0, 0.1) is 28.6 Å². The maximum atomic E-state index is 14.7. The van der Waals surface area contributed by atoms with Crippen molar-refractivity contribution in [1.29, 1.82) is 0 Å². The van der Waals surface area contributed by atoms with Crippen molar-refractivity contribution in [3.8, 4) is 0 Å². The van der Waals surface area contributed by atoms with Crippen molar-refractivity contribution >= 4 is 17.7 Å². The Morgan fingerprint density at radius 3 is 2.49 bits per heavy atom. The normalized spacial score (nSPS) is 40.4. The van der Waals surface area contributed by atoms with Gasteiger partial charge in [-0.2, -0.15) is 0 Å². The Hall–Kier alpha value is -2.29. The fourth-order valence-corrected chi connectivity index (χ4v) is 7.99. The summed E-state index contributed by atoms with van der Waals surface area (Å²) in [6.45, 7) is 12.2. The number of Topliss-reactive ketones (excluding diaryl/α,β-unsaturated/α-hetero) is 1. The lowest BCUT2D eigenvalue weighted by Gasteiger charge is -2.49. The van der Waals surface area contributed by atoms with Gasteiger partial charge in [0.2, 0.25) is 0 Å². The first-order valence-corrected chi connectivity index (χ1v) is 14.2. The zero-order valence-electron chi connectivity index (χ0n) is 24.2. The Kier molecular flexibility index (Phi) is 7.58. The number of hydrogen-bond donors (Lipinski definition) is 3. The van der Waals surface area contributed by atoms with E-state index in [0.29, 0.717) is 17.6 Å². The number of rotatable bonds is 8. The van der Waals surface area contributed by atoms with Crippen LogP contribution in [-0.4, -0.2) is 63.1 Å². The number of unbranched alkanes of at least 4 members (excludes halogenated alkanes) is 2. The fourth-order valence-electron chi connectivity index (χ4n) is 7.99. The molecule has 39 heavy (non-hydrogen) atoms. The van der Waals surface area contributed by atoms with E-state index in [1.807, 2.05) is 20.8 Å². The number of ether oxygens (including phenoxy) is 2. The standard InChI is InChI=1S/C31H44O8/c1-8-10-11-12-22(33)39-30-15-19(5)29-14-18(4)26(38-27(36)17(3)9-2)31(29,37)24(34)20(16-32)13-21(25(29)35)23(30)28(30,6)7/h9,13-14,19,21,23-24,26,32,34,37H,8,10-12,15-16H2,1-7H3/b17-9+/t19?,21-,23+,24+,26-,29?,30-,31-/m0/s1. The van der Waals surface area contributed by atoms with Gasteiger partial charge in [0, 0.05) is 29.2 Å². The Morgan fingerprint density at radius 1 is 1.23 bits per heavy atom. The number of aliphatic hydroxyl groups is 3. The Balaban J connectivity index is 1.85. The summed E-state index contributed by atoms with van der Waals surface area (Å²) in [7, 11) is 0. The summed E-state index contributed by atoms with van der Waals surface area (Å²) < 4.78 is 12.0. The molecule has 2 unspecified atom stereocenters. The molecule has 2 saturated carbocycles. The highest BCUT2D eigenvalue weighted by atomic mass is 16.6. The molecule has 0 radical (unpaired) electrons. The molecule has 8 atom stereocenters. The molecule has 8 nitrogen and oxygen atoms in total.